The molecule has 71 heavy (non-hydrogen) atoms. The molecule has 2 heteroatoms. The highest BCUT2D eigenvalue weighted by Gasteiger charge is 2.45. The molecule has 1 heterocycles. The van der Waals surface area contributed by atoms with Gasteiger partial charge in [-0.05, 0) is 176 Å². The highest BCUT2D eigenvalue weighted by molar-refractivity contribution is 6.19. The van der Waals surface area contributed by atoms with Crippen LogP contribution in [0.25, 0.3) is 43.8 Å². The summed E-state index contributed by atoms with van der Waals surface area (Å²) in [6.45, 7) is 16.3. The first kappa shape index (κ1) is 43.8. The number of benzene rings is 9. The van der Waals surface area contributed by atoms with Gasteiger partial charge >= 0.3 is 0 Å². The quantitative estimate of drug-likeness (QED) is 0.148. The van der Waals surface area contributed by atoms with Gasteiger partial charge in [-0.25, -0.2) is 0 Å². The lowest BCUT2D eigenvalue weighted by Crippen LogP contribution is -2.24. The molecule has 10 aromatic rings. The first-order valence-corrected chi connectivity index (χ1v) is 26.2. The van der Waals surface area contributed by atoms with E-state index < -0.39 is 5.41 Å². The molecule has 1 aromatic heterocycles. The number of para-hydroxylation sites is 1. The largest absolute Gasteiger partial charge is 0.455 e. The van der Waals surface area contributed by atoms with Gasteiger partial charge in [0.2, 0.25) is 0 Å². The van der Waals surface area contributed by atoms with Crippen molar-refractivity contribution in [2.24, 2.45) is 0 Å². The van der Waals surface area contributed by atoms with Gasteiger partial charge in [-0.1, -0.05) is 181 Å². The maximum atomic E-state index is 7.34. The second-order valence-corrected chi connectivity index (χ2v) is 23.2. The number of rotatable bonds is 7. The van der Waals surface area contributed by atoms with Crippen LogP contribution < -0.4 is 4.90 Å². The lowest BCUT2D eigenvalue weighted by molar-refractivity contribution is 0.589. The van der Waals surface area contributed by atoms with Crippen molar-refractivity contribution in [3.63, 3.8) is 0 Å². The standard InChI is InChI=1S/C69H63NO/c1-67(2,3)51-31-27-46(28-32-51)63(49-26-25-43-16-12-19-47(43)39-49)50-30-38-56-59(41-50)69(7,58-23-14-18-45-15-8-9-21-55(45)58)60-42-61(65-57-22-10-11-24-62(57)71-66(65)64(56)60)70(53-36-33-52(34-37-53)68(4,5)6)54-35-29-44-17-13-20-48(44)40-54/h8-11,14-15,18,21-42,63H,12-13,16-17,19-20H2,1-7H3. The monoisotopic (exact) mass is 921 g/mol. The minimum absolute atomic E-state index is 0.0266. The molecule has 9 aromatic carbocycles. The number of nitrogens with zero attached hydrogens (tertiary/aromatic N) is 1. The smallest absolute Gasteiger partial charge is 0.145 e. The SMILES string of the molecule is CC(C)(C)c1ccc(C(c2ccc3c(c2)CCC3)c2ccc3c(c2)C(C)(c2cccc4ccccc24)c2cc(N(c4ccc(C(C)(C)C)cc4)c4ccc5c(c4)CCC5)c4c(oc5ccccc54)c2-3)cc1. The van der Waals surface area contributed by atoms with Crippen LogP contribution in [-0.4, -0.2) is 0 Å². The molecule has 13 rings (SSSR count). The van der Waals surface area contributed by atoms with E-state index in [1.165, 1.54) is 114 Å². The van der Waals surface area contributed by atoms with Crippen molar-refractivity contribution >= 4 is 49.8 Å². The van der Waals surface area contributed by atoms with Crippen LogP contribution in [-0.2, 0) is 41.9 Å². The third-order valence-electron chi connectivity index (χ3n) is 16.8. The van der Waals surface area contributed by atoms with Gasteiger partial charge in [0, 0.05) is 33.7 Å². The third-order valence-corrected chi connectivity index (χ3v) is 16.8. The fourth-order valence-electron chi connectivity index (χ4n) is 12.9. The Morgan fingerprint density at radius 3 is 1.79 bits per heavy atom. The van der Waals surface area contributed by atoms with E-state index in [1.807, 2.05) is 0 Å². The Hall–Kier alpha value is -7.16. The predicted molar refractivity (Wildman–Crippen MR) is 299 cm³/mol. The second kappa shape index (κ2) is 16.2. The number of anilines is 3. The zero-order valence-corrected chi connectivity index (χ0v) is 42.4. The summed E-state index contributed by atoms with van der Waals surface area (Å²) in [5.41, 5.74) is 23.8. The molecule has 0 aliphatic heterocycles. The van der Waals surface area contributed by atoms with E-state index in [0.717, 1.165) is 52.6 Å². The van der Waals surface area contributed by atoms with Crippen LogP contribution in [0, 0.1) is 0 Å². The van der Waals surface area contributed by atoms with Crippen molar-refractivity contribution in [2.45, 2.75) is 109 Å². The van der Waals surface area contributed by atoms with Crippen molar-refractivity contribution in [3.05, 3.63) is 243 Å². The second-order valence-electron chi connectivity index (χ2n) is 23.2. The number of aryl methyl sites for hydroxylation is 4. The molecule has 0 spiro atoms. The zero-order valence-electron chi connectivity index (χ0n) is 42.4. The average molecular weight is 922 g/mol. The molecule has 2 unspecified atom stereocenters. The van der Waals surface area contributed by atoms with Gasteiger partial charge in [-0.3, -0.25) is 0 Å². The van der Waals surface area contributed by atoms with E-state index in [-0.39, 0.29) is 16.7 Å². The number of hydrogen-bond donors (Lipinski definition) is 0. The summed E-state index contributed by atoms with van der Waals surface area (Å²) in [4.78, 5) is 2.54. The van der Waals surface area contributed by atoms with Gasteiger partial charge in [-0.15, -0.1) is 0 Å². The van der Waals surface area contributed by atoms with Crippen molar-refractivity contribution in [1.29, 1.82) is 0 Å². The Morgan fingerprint density at radius 1 is 0.479 bits per heavy atom. The Bertz CT molecular complexity index is 3740. The van der Waals surface area contributed by atoms with Crippen molar-refractivity contribution in [1.82, 2.24) is 0 Å². The van der Waals surface area contributed by atoms with Crippen LogP contribution in [0.1, 0.15) is 134 Å². The fraction of sp³-hybridized carbons (Fsp3) is 0.246. The van der Waals surface area contributed by atoms with Crippen LogP contribution in [0.15, 0.2) is 180 Å². The molecular formula is C69H63NO. The summed E-state index contributed by atoms with van der Waals surface area (Å²) in [6, 6.07) is 68.1. The van der Waals surface area contributed by atoms with Crippen molar-refractivity contribution < 1.29 is 4.42 Å². The molecule has 0 saturated carbocycles. The molecule has 0 N–H and O–H groups in total. The fourth-order valence-corrected chi connectivity index (χ4v) is 12.9. The lowest BCUT2D eigenvalue weighted by Gasteiger charge is -2.33. The van der Waals surface area contributed by atoms with E-state index in [4.69, 9.17) is 4.42 Å². The van der Waals surface area contributed by atoms with Gasteiger partial charge in [0.15, 0.2) is 0 Å². The molecule has 0 fully saturated rings. The lowest BCUT2D eigenvalue weighted by atomic mass is 9.71. The predicted octanol–water partition coefficient (Wildman–Crippen LogP) is 18.3. The van der Waals surface area contributed by atoms with Crippen LogP contribution >= 0.6 is 0 Å². The highest BCUT2D eigenvalue weighted by Crippen LogP contribution is 2.60. The van der Waals surface area contributed by atoms with E-state index >= 15 is 0 Å². The molecule has 3 aliphatic rings. The number of hydrogen-bond acceptors (Lipinski definition) is 2. The molecular weight excluding hydrogens is 859 g/mol. The van der Waals surface area contributed by atoms with Crippen LogP contribution in [0.5, 0.6) is 0 Å². The van der Waals surface area contributed by atoms with E-state index in [2.05, 4.69) is 229 Å². The first-order valence-electron chi connectivity index (χ1n) is 26.2. The van der Waals surface area contributed by atoms with Gasteiger partial charge < -0.3 is 9.32 Å². The molecule has 0 amide bonds. The topological polar surface area (TPSA) is 16.4 Å². The Balaban J connectivity index is 1.11. The summed E-state index contributed by atoms with van der Waals surface area (Å²) in [7, 11) is 0. The number of fused-ring (bicyclic) bond motifs is 10. The van der Waals surface area contributed by atoms with E-state index in [0.29, 0.717) is 0 Å². The van der Waals surface area contributed by atoms with Gasteiger partial charge in [0.1, 0.15) is 11.2 Å². The molecule has 0 radical (unpaired) electrons. The van der Waals surface area contributed by atoms with E-state index in [9.17, 15) is 0 Å². The minimum Gasteiger partial charge on any atom is -0.455 e. The van der Waals surface area contributed by atoms with Crippen molar-refractivity contribution in [3.8, 4) is 11.1 Å². The molecule has 350 valence electrons. The molecule has 3 aliphatic carbocycles. The minimum atomic E-state index is -0.568. The highest BCUT2D eigenvalue weighted by atomic mass is 16.3. The van der Waals surface area contributed by atoms with Crippen LogP contribution in [0.3, 0.4) is 0 Å². The molecule has 0 saturated heterocycles. The Morgan fingerprint density at radius 2 is 1.06 bits per heavy atom. The molecule has 2 atom stereocenters. The third kappa shape index (κ3) is 7.03. The Kier molecular flexibility index (Phi) is 9.99. The maximum Gasteiger partial charge on any atom is 0.145 e. The van der Waals surface area contributed by atoms with Gasteiger partial charge in [0.05, 0.1) is 11.1 Å². The summed E-state index contributed by atoms with van der Waals surface area (Å²) in [5, 5.41) is 4.79. The van der Waals surface area contributed by atoms with Crippen LogP contribution in [0.4, 0.5) is 17.1 Å². The van der Waals surface area contributed by atoms with Crippen LogP contribution in [0.2, 0.25) is 0 Å². The first-order chi connectivity index (χ1) is 34.3. The normalized spacial score (nSPS) is 16.6. The summed E-state index contributed by atoms with van der Waals surface area (Å²) in [5.74, 6) is 0.0499. The Labute approximate surface area is 420 Å². The van der Waals surface area contributed by atoms with Gasteiger partial charge in [-0.2, -0.15) is 0 Å². The summed E-state index contributed by atoms with van der Waals surface area (Å²) < 4.78 is 7.34. The molecule has 2 nitrogen and oxygen atoms in total. The van der Waals surface area contributed by atoms with Gasteiger partial charge in [0.25, 0.3) is 0 Å². The summed E-state index contributed by atoms with van der Waals surface area (Å²) in [6.07, 6.45) is 7.01. The summed E-state index contributed by atoms with van der Waals surface area (Å²) >= 11 is 0. The maximum absolute atomic E-state index is 7.34. The van der Waals surface area contributed by atoms with E-state index in [1.54, 1.807) is 0 Å². The average Bonchev–Trinajstić information content (AvgIpc) is 4.19. The van der Waals surface area contributed by atoms with Crippen molar-refractivity contribution in [2.75, 3.05) is 4.90 Å². The zero-order chi connectivity index (χ0) is 48.4. The number of furan rings is 1. The molecule has 0 bridgehead atoms.